The zero-order valence-electron chi connectivity index (χ0n) is 12.2. The maximum Gasteiger partial charge on any atom is 0.238 e. The van der Waals surface area contributed by atoms with Crippen LogP contribution in [0.15, 0.2) is 12.3 Å². The third-order valence-corrected chi connectivity index (χ3v) is 4.13. The highest BCUT2D eigenvalue weighted by atomic mass is 35.5. The Morgan fingerprint density at radius 1 is 1.62 bits per heavy atom. The number of halogens is 2. The molecule has 1 aliphatic rings. The maximum atomic E-state index is 12.3. The van der Waals surface area contributed by atoms with E-state index in [2.05, 4.69) is 5.10 Å². The molecule has 5 nitrogen and oxygen atoms in total. The first kappa shape index (κ1) is 16.2. The zero-order chi connectivity index (χ0) is 15.2. The topological polar surface area (TPSA) is 47.4 Å². The van der Waals surface area contributed by atoms with Gasteiger partial charge in [0.1, 0.15) is 12.6 Å². The Kier molecular flexibility index (Phi) is 5.99. The summed E-state index contributed by atoms with van der Waals surface area (Å²) >= 11 is 5.73. The van der Waals surface area contributed by atoms with Crippen molar-refractivity contribution in [1.29, 1.82) is 0 Å². The number of hydrogen-bond acceptors (Lipinski definition) is 3. The van der Waals surface area contributed by atoms with Crippen LogP contribution in [0, 0.1) is 0 Å². The molecule has 1 amide bonds. The minimum atomic E-state index is -0.459. The number of nitrogens with zero attached hydrogens (tertiary/aromatic N) is 3. The second-order valence-electron chi connectivity index (χ2n) is 5.19. The van der Waals surface area contributed by atoms with Crippen LogP contribution in [-0.2, 0) is 22.6 Å². The molecule has 0 aromatic carbocycles. The number of carbonyl (C=O) groups excluding carboxylic acids is 1. The van der Waals surface area contributed by atoms with E-state index in [1.54, 1.807) is 29.0 Å². The van der Waals surface area contributed by atoms with Gasteiger partial charge in [0.25, 0.3) is 0 Å². The van der Waals surface area contributed by atoms with Crippen molar-refractivity contribution in [3.63, 3.8) is 0 Å². The van der Waals surface area contributed by atoms with E-state index in [1.807, 2.05) is 0 Å². The Hall–Kier alpha value is -1.14. The van der Waals surface area contributed by atoms with Gasteiger partial charge in [0.05, 0.1) is 30.9 Å². The third kappa shape index (κ3) is 3.95. The largest absolute Gasteiger partial charge is 0.379 e. The van der Waals surface area contributed by atoms with E-state index in [1.165, 1.54) is 0 Å². The van der Waals surface area contributed by atoms with Crippen LogP contribution in [-0.4, -0.2) is 52.4 Å². The predicted molar refractivity (Wildman–Crippen MR) is 77.9 cm³/mol. The lowest BCUT2D eigenvalue weighted by molar-refractivity contribution is -0.134. The van der Waals surface area contributed by atoms with Gasteiger partial charge in [-0.25, -0.2) is 4.39 Å². The summed E-state index contributed by atoms with van der Waals surface area (Å²) in [4.78, 5) is 13.9. The van der Waals surface area contributed by atoms with E-state index in [-0.39, 0.29) is 30.5 Å². The van der Waals surface area contributed by atoms with Gasteiger partial charge >= 0.3 is 0 Å². The lowest BCUT2D eigenvalue weighted by Crippen LogP contribution is -2.45. The van der Waals surface area contributed by atoms with Gasteiger partial charge in [0, 0.05) is 13.3 Å². The van der Waals surface area contributed by atoms with Crippen LogP contribution in [0.4, 0.5) is 4.39 Å². The normalized spacial score (nSPS) is 21.7. The van der Waals surface area contributed by atoms with Gasteiger partial charge < -0.3 is 9.64 Å². The number of carbonyl (C=O) groups is 1. The highest BCUT2D eigenvalue weighted by Crippen LogP contribution is 2.27. The summed E-state index contributed by atoms with van der Waals surface area (Å²) in [6, 6.07) is 1.84. The Balaban J connectivity index is 2.10. The summed E-state index contributed by atoms with van der Waals surface area (Å²) in [5, 5.41) is 4.28. The fraction of sp³-hybridized carbons (Fsp3) is 0.714. The minimum Gasteiger partial charge on any atom is -0.379 e. The van der Waals surface area contributed by atoms with E-state index in [4.69, 9.17) is 16.3 Å². The first-order valence-electron chi connectivity index (χ1n) is 7.16. The van der Waals surface area contributed by atoms with Gasteiger partial charge in [-0.1, -0.05) is 0 Å². The molecule has 0 spiro atoms. The van der Waals surface area contributed by atoms with E-state index >= 15 is 0 Å². The summed E-state index contributed by atoms with van der Waals surface area (Å²) in [5.41, 5.74) is 0.740. The molecule has 21 heavy (non-hydrogen) atoms. The molecule has 1 saturated carbocycles. The van der Waals surface area contributed by atoms with Crippen molar-refractivity contribution in [2.75, 3.05) is 19.7 Å². The molecule has 118 valence electrons. The van der Waals surface area contributed by atoms with Gasteiger partial charge in [-0.05, 0) is 25.3 Å². The molecule has 1 heterocycles. The molecule has 0 aliphatic heterocycles. The standard InChI is InChI=1S/C14H21ClFN3O2/c1-21-13-4-2-3-12(13)19(14(20)9-15)10-11-5-7-18(17-11)8-6-16/h5,7,12-13H,2-4,6,8-10H2,1H3/t12-,13+/m0/s1. The Bertz CT molecular complexity index is 469. The second-order valence-corrected chi connectivity index (χ2v) is 5.45. The number of ether oxygens (including phenoxy) is 1. The number of amides is 1. The van der Waals surface area contributed by atoms with Crippen molar-refractivity contribution in [1.82, 2.24) is 14.7 Å². The predicted octanol–water partition coefficient (Wildman–Crippen LogP) is 1.99. The first-order chi connectivity index (χ1) is 10.2. The molecule has 2 rings (SSSR count). The SMILES string of the molecule is CO[C@@H]1CCC[C@@H]1N(Cc1ccn(CCF)n1)C(=O)CCl. The molecule has 0 unspecified atom stereocenters. The first-order valence-corrected chi connectivity index (χ1v) is 7.69. The van der Waals surface area contributed by atoms with Gasteiger partial charge in [0.2, 0.25) is 5.91 Å². The van der Waals surface area contributed by atoms with Crippen LogP contribution in [0.3, 0.4) is 0 Å². The number of methoxy groups -OCH3 is 1. The lowest BCUT2D eigenvalue weighted by atomic mass is 10.1. The van der Waals surface area contributed by atoms with E-state index < -0.39 is 6.67 Å². The quantitative estimate of drug-likeness (QED) is 0.723. The summed E-state index contributed by atoms with van der Waals surface area (Å²) in [6.45, 7) is 0.156. The molecule has 1 aliphatic carbocycles. The number of aromatic nitrogens is 2. The molecule has 0 N–H and O–H groups in total. The Labute approximate surface area is 129 Å². The maximum absolute atomic E-state index is 12.3. The molecule has 0 bridgehead atoms. The summed E-state index contributed by atoms with van der Waals surface area (Å²) < 4.78 is 19.3. The van der Waals surface area contributed by atoms with Crippen molar-refractivity contribution in [2.45, 2.75) is 44.5 Å². The van der Waals surface area contributed by atoms with Crippen molar-refractivity contribution in [2.24, 2.45) is 0 Å². The number of aryl methyl sites for hydroxylation is 1. The van der Waals surface area contributed by atoms with Crippen molar-refractivity contribution >= 4 is 17.5 Å². The van der Waals surface area contributed by atoms with Crippen LogP contribution in [0.2, 0.25) is 0 Å². The molecule has 1 aromatic rings. The van der Waals surface area contributed by atoms with Gasteiger partial charge in [-0.15, -0.1) is 11.6 Å². The summed E-state index contributed by atoms with van der Waals surface area (Å²) in [5.74, 6) is -0.177. The average molecular weight is 318 g/mol. The lowest BCUT2D eigenvalue weighted by Gasteiger charge is -2.31. The number of rotatable bonds is 7. The second kappa shape index (κ2) is 7.75. The fourth-order valence-corrected chi connectivity index (χ4v) is 3.03. The summed E-state index contributed by atoms with van der Waals surface area (Å²) in [7, 11) is 1.67. The fourth-order valence-electron chi connectivity index (χ4n) is 2.88. The molecule has 1 fully saturated rings. The minimum absolute atomic E-state index is 0.0348. The van der Waals surface area contributed by atoms with Gasteiger partial charge in [-0.2, -0.15) is 5.10 Å². The van der Waals surface area contributed by atoms with Crippen molar-refractivity contribution < 1.29 is 13.9 Å². The van der Waals surface area contributed by atoms with Crippen LogP contribution in [0.1, 0.15) is 25.0 Å². The molecular weight excluding hydrogens is 297 g/mol. The van der Waals surface area contributed by atoms with E-state index in [0.717, 1.165) is 25.0 Å². The number of hydrogen-bond donors (Lipinski definition) is 0. The monoisotopic (exact) mass is 317 g/mol. The molecule has 7 heteroatoms. The van der Waals surface area contributed by atoms with Crippen LogP contribution in [0.25, 0.3) is 0 Å². The molecule has 2 atom stereocenters. The molecule has 0 saturated heterocycles. The molecule has 0 radical (unpaired) electrons. The Morgan fingerprint density at radius 2 is 2.43 bits per heavy atom. The van der Waals surface area contributed by atoms with Crippen LogP contribution < -0.4 is 0 Å². The molecule has 1 aromatic heterocycles. The smallest absolute Gasteiger partial charge is 0.238 e. The zero-order valence-corrected chi connectivity index (χ0v) is 12.9. The van der Waals surface area contributed by atoms with Crippen LogP contribution in [0.5, 0.6) is 0 Å². The van der Waals surface area contributed by atoms with Crippen LogP contribution >= 0.6 is 11.6 Å². The third-order valence-electron chi connectivity index (χ3n) is 3.90. The highest BCUT2D eigenvalue weighted by molar-refractivity contribution is 6.27. The van der Waals surface area contributed by atoms with Gasteiger partial charge in [-0.3, -0.25) is 9.48 Å². The van der Waals surface area contributed by atoms with Crippen molar-refractivity contribution in [3.05, 3.63) is 18.0 Å². The Morgan fingerprint density at radius 3 is 3.10 bits per heavy atom. The van der Waals surface area contributed by atoms with Gasteiger partial charge in [0.15, 0.2) is 0 Å². The summed E-state index contributed by atoms with van der Waals surface area (Å²) in [6.07, 6.45) is 4.66. The highest BCUT2D eigenvalue weighted by Gasteiger charge is 2.34. The number of alkyl halides is 2. The van der Waals surface area contributed by atoms with E-state index in [9.17, 15) is 9.18 Å². The van der Waals surface area contributed by atoms with Crippen molar-refractivity contribution in [3.8, 4) is 0 Å². The molecular formula is C14H21ClFN3O2. The average Bonchev–Trinajstić information content (AvgIpc) is 3.13. The van der Waals surface area contributed by atoms with E-state index in [0.29, 0.717) is 6.54 Å².